The third kappa shape index (κ3) is 2.25. The van der Waals surface area contributed by atoms with E-state index >= 15 is 0 Å². The van der Waals surface area contributed by atoms with Gasteiger partial charge < -0.3 is 15.2 Å². The number of ether oxygens (including phenoxy) is 2. The molecule has 88 valence electrons. The van der Waals surface area contributed by atoms with Crippen LogP contribution in [0.2, 0.25) is 5.02 Å². The van der Waals surface area contributed by atoms with E-state index in [1.54, 1.807) is 13.2 Å². The van der Waals surface area contributed by atoms with Gasteiger partial charge in [0.05, 0.1) is 12.8 Å². The lowest BCUT2D eigenvalue weighted by Gasteiger charge is -2.24. The summed E-state index contributed by atoms with van der Waals surface area (Å²) in [5, 5.41) is 0.727. The van der Waals surface area contributed by atoms with Crippen molar-refractivity contribution in [3.63, 3.8) is 0 Å². The van der Waals surface area contributed by atoms with Crippen molar-refractivity contribution in [3.8, 4) is 5.75 Å². The van der Waals surface area contributed by atoms with Gasteiger partial charge in [0.1, 0.15) is 5.75 Å². The number of benzene rings is 1. The first-order chi connectivity index (χ1) is 7.72. The number of methoxy groups -OCH3 is 1. The molecule has 1 aliphatic heterocycles. The molecule has 0 bridgehead atoms. The maximum Gasteiger partial charge on any atom is 0.142 e. The standard InChI is InChI=1S/C12H16ClNO2/c1-15-12-6-9(10(13)7-11(12)14)8-2-4-16-5-3-8/h6-8H,2-5,14H2,1H3. The van der Waals surface area contributed by atoms with Crippen molar-refractivity contribution >= 4 is 17.3 Å². The molecule has 16 heavy (non-hydrogen) atoms. The van der Waals surface area contributed by atoms with Crippen LogP contribution < -0.4 is 10.5 Å². The predicted molar refractivity (Wildman–Crippen MR) is 65.2 cm³/mol. The highest BCUT2D eigenvalue weighted by atomic mass is 35.5. The van der Waals surface area contributed by atoms with Crippen molar-refractivity contribution < 1.29 is 9.47 Å². The summed E-state index contributed by atoms with van der Waals surface area (Å²) in [7, 11) is 1.62. The van der Waals surface area contributed by atoms with Gasteiger partial charge in [-0.1, -0.05) is 11.6 Å². The van der Waals surface area contributed by atoms with Crippen molar-refractivity contribution in [2.45, 2.75) is 18.8 Å². The number of halogens is 1. The van der Waals surface area contributed by atoms with Crippen molar-refractivity contribution in [2.75, 3.05) is 26.1 Å². The van der Waals surface area contributed by atoms with Gasteiger partial charge in [0.25, 0.3) is 0 Å². The average Bonchev–Trinajstić information content (AvgIpc) is 2.30. The summed E-state index contributed by atoms with van der Waals surface area (Å²) in [5.74, 6) is 1.15. The van der Waals surface area contributed by atoms with Gasteiger partial charge in [0, 0.05) is 18.2 Å². The topological polar surface area (TPSA) is 44.5 Å². The van der Waals surface area contributed by atoms with Crippen LogP contribution in [0.3, 0.4) is 0 Å². The second-order valence-corrected chi connectivity index (χ2v) is 4.41. The Bertz CT molecular complexity index is 376. The molecule has 0 spiro atoms. The molecule has 2 rings (SSSR count). The molecule has 2 N–H and O–H groups in total. The smallest absolute Gasteiger partial charge is 0.142 e. The Kier molecular flexibility index (Phi) is 3.56. The predicted octanol–water partition coefficient (Wildman–Crippen LogP) is 2.82. The monoisotopic (exact) mass is 241 g/mol. The zero-order valence-corrected chi connectivity index (χ0v) is 10.1. The van der Waals surface area contributed by atoms with Gasteiger partial charge in [-0.2, -0.15) is 0 Å². The number of anilines is 1. The Morgan fingerprint density at radius 1 is 1.38 bits per heavy atom. The minimum absolute atomic E-state index is 0.454. The first kappa shape index (κ1) is 11.6. The van der Waals surface area contributed by atoms with Crippen LogP contribution in [0.4, 0.5) is 5.69 Å². The van der Waals surface area contributed by atoms with Crippen molar-refractivity contribution in [2.24, 2.45) is 0 Å². The highest BCUT2D eigenvalue weighted by Crippen LogP contribution is 2.37. The van der Waals surface area contributed by atoms with Gasteiger partial charge in [-0.3, -0.25) is 0 Å². The van der Waals surface area contributed by atoms with Crippen molar-refractivity contribution in [1.82, 2.24) is 0 Å². The summed E-state index contributed by atoms with van der Waals surface area (Å²) in [6.07, 6.45) is 2.01. The van der Waals surface area contributed by atoms with Crippen LogP contribution in [-0.4, -0.2) is 20.3 Å². The molecule has 1 heterocycles. The van der Waals surface area contributed by atoms with Crippen molar-refractivity contribution in [1.29, 1.82) is 0 Å². The van der Waals surface area contributed by atoms with Crippen LogP contribution >= 0.6 is 11.6 Å². The fourth-order valence-electron chi connectivity index (χ4n) is 2.08. The van der Waals surface area contributed by atoms with E-state index in [2.05, 4.69) is 0 Å². The number of nitrogen functional groups attached to an aromatic ring is 1. The minimum Gasteiger partial charge on any atom is -0.495 e. The molecule has 1 aromatic carbocycles. The van der Waals surface area contributed by atoms with E-state index in [1.165, 1.54) is 0 Å². The van der Waals surface area contributed by atoms with Gasteiger partial charge in [0.15, 0.2) is 0 Å². The van der Waals surface area contributed by atoms with Crippen LogP contribution in [0.15, 0.2) is 12.1 Å². The average molecular weight is 242 g/mol. The van der Waals surface area contributed by atoms with E-state index in [0.717, 1.165) is 36.6 Å². The Hall–Kier alpha value is -0.930. The number of hydrogen-bond donors (Lipinski definition) is 1. The van der Waals surface area contributed by atoms with Gasteiger partial charge in [0.2, 0.25) is 0 Å². The number of hydrogen-bond acceptors (Lipinski definition) is 3. The Labute approximate surface area is 100 Å². The first-order valence-electron chi connectivity index (χ1n) is 5.43. The fraction of sp³-hybridized carbons (Fsp3) is 0.500. The van der Waals surface area contributed by atoms with Gasteiger partial charge in [-0.25, -0.2) is 0 Å². The lowest BCUT2D eigenvalue weighted by Crippen LogP contribution is -2.14. The minimum atomic E-state index is 0.454. The molecule has 1 aliphatic rings. The lowest BCUT2D eigenvalue weighted by molar-refractivity contribution is 0.0853. The van der Waals surface area contributed by atoms with E-state index in [9.17, 15) is 0 Å². The molecule has 0 atom stereocenters. The number of nitrogens with two attached hydrogens (primary N) is 1. The van der Waals surface area contributed by atoms with Crippen molar-refractivity contribution in [3.05, 3.63) is 22.7 Å². The molecule has 1 saturated heterocycles. The Morgan fingerprint density at radius 3 is 2.69 bits per heavy atom. The second-order valence-electron chi connectivity index (χ2n) is 4.00. The Balaban J connectivity index is 2.31. The molecule has 0 amide bonds. The molecule has 0 aromatic heterocycles. The normalized spacial score (nSPS) is 17.4. The molecule has 1 fully saturated rings. The highest BCUT2D eigenvalue weighted by Gasteiger charge is 2.20. The lowest BCUT2D eigenvalue weighted by atomic mass is 9.91. The molecule has 3 nitrogen and oxygen atoms in total. The van der Waals surface area contributed by atoms with Crippen LogP contribution in [-0.2, 0) is 4.74 Å². The molecule has 0 radical (unpaired) electrons. The zero-order chi connectivity index (χ0) is 11.5. The molecule has 0 unspecified atom stereocenters. The third-order valence-electron chi connectivity index (χ3n) is 3.01. The van der Waals surface area contributed by atoms with Gasteiger partial charge in [-0.05, 0) is 36.5 Å². The molecule has 0 aliphatic carbocycles. The summed E-state index contributed by atoms with van der Waals surface area (Å²) in [4.78, 5) is 0. The molecule has 4 heteroatoms. The third-order valence-corrected chi connectivity index (χ3v) is 3.34. The SMILES string of the molecule is COc1cc(C2CCOCC2)c(Cl)cc1N. The quantitative estimate of drug-likeness (QED) is 0.810. The van der Waals surface area contributed by atoms with E-state index in [4.69, 9.17) is 26.8 Å². The summed E-state index contributed by atoms with van der Waals surface area (Å²) in [6, 6.07) is 3.72. The maximum atomic E-state index is 6.22. The van der Waals surface area contributed by atoms with E-state index < -0.39 is 0 Å². The fourth-order valence-corrected chi connectivity index (χ4v) is 2.41. The van der Waals surface area contributed by atoms with Crippen LogP contribution in [0.5, 0.6) is 5.75 Å². The molecule has 1 aromatic rings. The summed E-state index contributed by atoms with van der Waals surface area (Å²) in [6.45, 7) is 1.60. The molecule has 0 saturated carbocycles. The summed E-state index contributed by atoms with van der Waals surface area (Å²) >= 11 is 6.22. The maximum absolute atomic E-state index is 6.22. The first-order valence-corrected chi connectivity index (χ1v) is 5.81. The summed E-state index contributed by atoms with van der Waals surface area (Å²) in [5.41, 5.74) is 7.50. The molecular weight excluding hydrogens is 226 g/mol. The van der Waals surface area contributed by atoms with E-state index in [1.807, 2.05) is 6.07 Å². The second kappa shape index (κ2) is 4.93. The number of rotatable bonds is 2. The van der Waals surface area contributed by atoms with Gasteiger partial charge in [-0.15, -0.1) is 0 Å². The van der Waals surface area contributed by atoms with Crippen LogP contribution in [0.25, 0.3) is 0 Å². The van der Waals surface area contributed by atoms with Gasteiger partial charge >= 0.3 is 0 Å². The highest BCUT2D eigenvalue weighted by molar-refractivity contribution is 6.31. The van der Waals surface area contributed by atoms with E-state index in [-0.39, 0.29) is 0 Å². The van der Waals surface area contributed by atoms with E-state index in [0.29, 0.717) is 17.4 Å². The zero-order valence-electron chi connectivity index (χ0n) is 9.33. The van der Waals surface area contributed by atoms with Crippen LogP contribution in [0.1, 0.15) is 24.3 Å². The summed E-state index contributed by atoms with van der Waals surface area (Å²) < 4.78 is 10.6. The molecular formula is C12H16ClNO2. The largest absolute Gasteiger partial charge is 0.495 e. The van der Waals surface area contributed by atoms with Crippen LogP contribution in [0, 0.1) is 0 Å². The Morgan fingerprint density at radius 2 is 2.06 bits per heavy atom.